The molecule has 2 N–H and O–H groups in total. The van der Waals surface area contributed by atoms with Crippen molar-refractivity contribution >= 4 is 44.9 Å². The van der Waals surface area contributed by atoms with Crippen LogP contribution in [0.25, 0.3) is 21.3 Å². The summed E-state index contributed by atoms with van der Waals surface area (Å²) in [6.45, 7) is 3.37. The Labute approximate surface area is 207 Å². The smallest absolute Gasteiger partial charge is 0.260 e. The standard InChI is InChI=1S/C26H28N4O2S2/c1-18(24(31)27-14-9-15-30(2)20-12-7-4-8-13-20)33-17-22-28-25(32)23-21(16-34-26(23)29-22)19-10-5-3-6-11-19/h3-8,10-13,16,18H,9,14-15,17H2,1-2H3,(H,27,31)(H,28,29,32)/t18-/m0/s1. The average Bonchev–Trinajstić information content (AvgIpc) is 3.30. The predicted octanol–water partition coefficient (Wildman–Crippen LogP) is 4.92. The Morgan fingerprint density at radius 2 is 1.85 bits per heavy atom. The van der Waals surface area contributed by atoms with Crippen molar-refractivity contribution in [1.82, 2.24) is 15.3 Å². The molecule has 4 rings (SSSR count). The maximum Gasteiger partial charge on any atom is 0.260 e. The van der Waals surface area contributed by atoms with Gasteiger partial charge in [0.25, 0.3) is 5.56 Å². The molecule has 0 aliphatic heterocycles. The Morgan fingerprint density at radius 3 is 2.59 bits per heavy atom. The predicted molar refractivity (Wildman–Crippen MR) is 144 cm³/mol. The molecule has 0 radical (unpaired) electrons. The number of rotatable bonds is 10. The largest absolute Gasteiger partial charge is 0.375 e. The zero-order chi connectivity index (χ0) is 23.9. The van der Waals surface area contributed by atoms with Crippen LogP contribution < -0.4 is 15.8 Å². The molecule has 176 valence electrons. The number of aromatic nitrogens is 2. The number of benzene rings is 2. The number of thioether (sulfide) groups is 1. The van der Waals surface area contributed by atoms with Crippen LogP contribution in [0, 0.1) is 0 Å². The van der Waals surface area contributed by atoms with Crippen molar-refractivity contribution in [2.45, 2.75) is 24.3 Å². The van der Waals surface area contributed by atoms with E-state index < -0.39 is 0 Å². The number of nitrogens with zero attached hydrogens (tertiary/aromatic N) is 2. The molecule has 0 bridgehead atoms. The van der Waals surface area contributed by atoms with Gasteiger partial charge >= 0.3 is 0 Å². The summed E-state index contributed by atoms with van der Waals surface area (Å²) in [6.07, 6.45) is 0.863. The summed E-state index contributed by atoms with van der Waals surface area (Å²) in [5, 5.41) is 5.37. The average molecular weight is 493 g/mol. The van der Waals surface area contributed by atoms with E-state index in [0.717, 1.165) is 34.6 Å². The minimum Gasteiger partial charge on any atom is -0.375 e. The Kier molecular flexibility index (Phi) is 8.03. The van der Waals surface area contributed by atoms with Crippen molar-refractivity contribution in [3.63, 3.8) is 0 Å². The van der Waals surface area contributed by atoms with Gasteiger partial charge in [0.15, 0.2) is 0 Å². The first kappa shape index (κ1) is 24.0. The fourth-order valence-electron chi connectivity index (χ4n) is 3.65. The third-order valence-corrected chi connectivity index (χ3v) is 7.61. The number of hydrogen-bond donors (Lipinski definition) is 2. The number of thiophene rings is 1. The van der Waals surface area contributed by atoms with Gasteiger partial charge in [0.1, 0.15) is 10.7 Å². The Hall–Kier alpha value is -3.10. The lowest BCUT2D eigenvalue weighted by molar-refractivity contribution is -0.120. The fourth-order valence-corrected chi connectivity index (χ4v) is 5.40. The normalized spacial score (nSPS) is 11.9. The number of fused-ring (bicyclic) bond motifs is 1. The molecule has 1 amide bonds. The topological polar surface area (TPSA) is 78.1 Å². The maximum absolute atomic E-state index is 12.8. The van der Waals surface area contributed by atoms with Gasteiger partial charge in [-0.1, -0.05) is 48.5 Å². The van der Waals surface area contributed by atoms with Gasteiger partial charge in [-0.3, -0.25) is 9.59 Å². The summed E-state index contributed by atoms with van der Waals surface area (Å²) in [7, 11) is 2.05. The zero-order valence-electron chi connectivity index (χ0n) is 19.3. The third-order valence-electron chi connectivity index (χ3n) is 5.58. The van der Waals surface area contributed by atoms with Gasteiger partial charge < -0.3 is 15.2 Å². The summed E-state index contributed by atoms with van der Waals surface area (Å²) in [5.41, 5.74) is 2.93. The van der Waals surface area contributed by atoms with Crippen molar-refractivity contribution in [3.8, 4) is 11.1 Å². The lowest BCUT2D eigenvalue weighted by atomic mass is 10.1. The van der Waals surface area contributed by atoms with E-state index in [1.54, 1.807) is 0 Å². The summed E-state index contributed by atoms with van der Waals surface area (Å²) >= 11 is 2.94. The van der Waals surface area contributed by atoms with Crippen LogP contribution >= 0.6 is 23.1 Å². The Balaban J connectivity index is 1.28. The van der Waals surface area contributed by atoms with Gasteiger partial charge in [0, 0.05) is 36.8 Å². The van der Waals surface area contributed by atoms with E-state index in [1.807, 2.05) is 60.8 Å². The molecular formula is C26H28N4O2S2. The highest BCUT2D eigenvalue weighted by molar-refractivity contribution is 7.99. The molecule has 34 heavy (non-hydrogen) atoms. The number of carbonyl (C=O) groups is 1. The summed E-state index contributed by atoms with van der Waals surface area (Å²) in [5.74, 6) is 1.06. The first-order valence-corrected chi connectivity index (χ1v) is 13.2. The molecule has 4 aromatic rings. The van der Waals surface area contributed by atoms with Gasteiger partial charge in [-0.25, -0.2) is 4.98 Å². The second-order valence-electron chi connectivity index (χ2n) is 8.06. The Morgan fingerprint density at radius 1 is 1.15 bits per heavy atom. The molecule has 2 aromatic heterocycles. The van der Waals surface area contributed by atoms with Crippen LogP contribution in [0.5, 0.6) is 0 Å². The number of hydrogen-bond acceptors (Lipinski definition) is 6. The van der Waals surface area contributed by atoms with E-state index in [-0.39, 0.29) is 16.7 Å². The number of carbonyl (C=O) groups excluding carboxylic acids is 1. The first-order chi connectivity index (χ1) is 16.5. The van der Waals surface area contributed by atoms with Gasteiger partial charge in [0.05, 0.1) is 16.4 Å². The van der Waals surface area contributed by atoms with Crippen LogP contribution in [-0.2, 0) is 10.5 Å². The van der Waals surface area contributed by atoms with Crippen LogP contribution in [0.15, 0.2) is 70.8 Å². The second-order valence-corrected chi connectivity index (χ2v) is 10.3. The highest BCUT2D eigenvalue weighted by Gasteiger charge is 2.16. The van der Waals surface area contributed by atoms with Gasteiger partial charge in [-0.15, -0.1) is 23.1 Å². The molecule has 1 atom stereocenters. The summed E-state index contributed by atoms with van der Waals surface area (Å²) in [4.78, 5) is 35.7. The molecule has 6 nitrogen and oxygen atoms in total. The molecule has 8 heteroatoms. The number of H-pyrrole nitrogens is 1. The van der Waals surface area contributed by atoms with E-state index in [4.69, 9.17) is 0 Å². The van der Waals surface area contributed by atoms with Crippen molar-refractivity contribution in [1.29, 1.82) is 0 Å². The molecule has 0 spiro atoms. The number of anilines is 1. The summed E-state index contributed by atoms with van der Waals surface area (Å²) in [6, 6.07) is 20.0. The van der Waals surface area contributed by atoms with Crippen molar-refractivity contribution < 1.29 is 4.79 Å². The minimum absolute atomic E-state index is 0.00160. The molecule has 0 fully saturated rings. The van der Waals surface area contributed by atoms with Crippen LogP contribution in [-0.4, -0.2) is 41.3 Å². The number of amides is 1. The highest BCUT2D eigenvalue weighted by Crippen LogP contribution is 2.30. The van der Waals surface area contributed by atoms with Crippen molar-refractivity contribution in [3.05, 3.63) is 82.2 Å². The molecule has 0 saturated heterocycles. The minimum atomic E-state index is -0.240. The van der Waals surface area contributed by atoms with Crippen LogP contribution in [0.2, 0.25) is 0 Å². The lowest BCUT2D eigenvalue weighted by Crippen LogP contribution is -2.33. The highest BCUT2D eigenvalue weighted by atomic mass is 32.2. The number of aromatic amines is 1. The fraction of sp³-hybridized carbons (Fsp3) is 0.269. The molecule has 2 aromatic carbocycles. The van der Waals surface area contributed by atoms with Crippen molar-refractivity contribution in [2.24, 2.45) is 0 Å². The number of nitrogens with one attached hydrogen (secondary N) is 2. The van der Waals surface area contributed by atoms with Gasteiger partial charge in [0.2, 0.25) is 5.91 Å². The molecule has 0 aliphatic rings. The first-order valence-electron chi connectivity index (χ1n) is 11.2. The van der Waals surface area contributed by atoms with Crippen molar-refractivity contribution in [2.75, 3.05) is 25.0 Å². The molecule has 0 aliphatic carbocycles. The van der Waals surface area contributed by atoms with Gasteiger partial charge in [-0.05, 0) is 31.0 Å². The Bertz CT molecular complexity index is 1290. The van der Waals surface area contributed by atoms with Crippen LogP contribution in [0.3, 0.4) is 0 Å². The second kappa shape index (κ2) is 11.4. The van der Waals surface area contributed by atoms with E-state index in [0.29, 0.717) is 23.5 Å². The van der Waals surface area contributed by atoms with E-state index in [2.05, 4.69) is 39.4 Å². The lowest BCUT2D eigenvalue weighted by Gasteiger charge is -2.19. The molecule has 2 heterocycles. The maximum atomic E-state index is 12.8. The van der Waals surface area contributed by atoms with Crippen LogP contribution in [0.4, 0.5) is 5.69 Å². The number of para-hydroxylation sites is 1. The van der Waals surface area contributed by atoms with E-state index >= 15 is 0 Å². The van der Waals surface area contributed by atoms with Crippen LogP contribution in [0.1, 0.15) is 19.2 Å². The molecular weight excluding hydrogens is 464 g/mol. The SMILES string of the molecule is C[C@H](SCc1nc2scc(-c3ccccc3)c2c(=O)[nH]1)C(=O)NCCCN(C)c1ccccc1. The molecule has 0 unspecified atom stereocenters. The quantitative estimate of drug-likeness (QED) is 0.307. The molecule has 0 saturated carbocycles. The third kappa shape index (κ3) is 5.87. The van der Waals surface area contributed by atoms with E-state index in [1.165, 1.54) is 23.1 Å². The monoisotopic (exact) mass is 492 g/mol. The van der Waals surface area contributed by atoms with Gasteiger partial charge in [-0.2, -0.15) is 0 Å². The van der Waals surface area contributed by atoms with E-state index in [9.17, 15) is 9.59 Å². The summed E-state index contributed by atoms with van der Waals surface area (Å²) < 4.78 is 0. The zero-order valence-corrected chi connectivity index (χ0v) is 20.9.